The molecule has 0 saturated heterocycles. The van der Waals surface area contributed by atoms with Crippen LogP contribution >= 0.6 is 11.8 Å². The minimum Gasteiger partial charge on any atom is -0.481 e. The summed E-state index contributed by atoms with van der Waals surface area (Å²) >= 11 is 1.24. The first-order chi connectivity index (χ1) is 16.3. The number of aliphatic carboxylic acids is 1. The lowest BCUT2D eigenvalue weighted by atomic mass is 10.1. The molecular weight excluding hydrogens is 452 g/mol. The van der Waals surface area contributed by atoms with Gasteiger partial charge in [-0.05, 0) is 26.2 Å². The topological polar surface area (TPSA) is 113 Å². The summed E-state index contributed by atoms with van der Waals surface area (Å²) < 4.78 is 1.50. The number of thioether (sulfide) groups is 1. The van der Waals surface area contributed by atoms with Crippen molar-refractivity contribution in [3.63, 3.8) is 0 Å². The molecule has 1 rings (SSSR count). The van der Waals surface area contributed by atoms with Crippen molar-refractivity contribution in [1.29, 1.82) is 0 Å². The molecule has 0 aliphatic rings. The standard InChI is InChI=1S/C26H42N2O5S/c1-4-5-6-7-8-9-10-11-12-13-14-15-18-22(21(29)17-16-19-23(30)31)34-26-27-20(2)24(25(32)33)28(26)3/h21-22,29H,4-14,16-17,19H2,1-3H3,(H,30,31)(H,32,33). The van der Waals surface area contributed by atoms with Crippen molar-refractivity contribution in [1.82, 2.24) is 9.55 Å². The summed E-state index contributed by atoms with van der Waals surface area (Å²) in [6, 6.07) is 0. The van der Waals surface area contributed by atoms with Crippen LogP contribution in [0.1, 0.15) is 113 Å². The number of imidazole rings is 1. The van der Waals surface area contributed by atoms with Crippen LogP contribution in [0.2, 0.25) is 0 Å². The molecule has 1 heterocycles. The number of nitrogens with zero attached hydrogens (tertiary/aromatic N) is 2. The lowest BCUT2D eigenvalue weighted by molar-refractivity contribution is -0.137. The molecule has 0 aliphatic heterocycles. The van der Waals surface area contributed by atoms with E-state index in [-0.39, 0.29) is 12.1 Å². The molecule has 7 nitrogen and oxygen atoms in total. The largest absolute Gasteiger partial charge is 0.481 e. The zero-order chi connectivity index (χ0) is 25.3. The second kappa shape index (κ2) is 17.5. The molecule has 2 unspecified atom stereocenters. The van der Waals surface area contributed by atoms with E-state index >= 15 is 0 Å². The van der Waals surface area contributed by atoms with Crippen LogP contribution in [0.3, 0.4) is 0 Å². The number of unbranched alkanes of at least 4 members (excludes halogenated alkanes) is 10. The summed E-state index contributed by atoms with van der Waals surface area (Å²) in [6.45, 7) is 3.88. The Hall–Kier alpha value is -1.98. The Morgan fingerprint density at radius 1 is 1.00 bits per heavy atom. The molecule has 0 amide bonds. The Bertz CT molecular complexity index is 812. The number of hydrogen-bond donors (Lipinski definition) is 3. The maximum Gasteiger partial charge on any atom is 0.354 e. The zero-order valence-electron chi connectivity index (χ0n) is 21.0. The van der Waals surface area contributed by atoms with Gasteiger partial charge in [-0.15, -0.1) is 5.92 Å². The first-order valence-electron chi connectivity index (χ1n) is 12.6. The highest BCUT2D eigenvalue weighted by molar-refractivity contribution is 8.00. The maximum atomic E-state index is 11.5. The van der Waals surface area contributed by atoms with Crippen molar-refractivity contribution in [2.45, 2.75) is 120 Å². The first-order valence-corrected chi connectivity index (χ1v) is 13.5. The van der Waals surface area contributed by atoms with Crippen LogP contribution in [-0.4, -0.2) is 48.2 Å². The predicted molar refractivity (Wildman–Crippen MR) is 136 cm³/mol. The van der Waals surface area contributed by atoms with Crippen LogP contribution in [-0.2, 0) is 11.8 Å². The summed E-state index contributed by atoms with van der Waals surface area (Å²) in [5.41, 5.74) is 0.523. The molecule has 0 aromatic carbocycles. The van der Waals surface area contributed by atoms with Gasteiger partial charge in [0.15, 0.2) is 10.9 Å². The Balaban J connectivity index is 2.58. The number of aliphatic hydroxyl groups is 1. The van der Waals surface area contributed by atoms with Gasteiger partial charge >= 0.3 is 11.9 Å². The van der Waals surface area contributed by atoms with Gasteiger partial charge in [-0.25, -0.2) is 9.78 Å². The Kier molecular flexibility index (Phi) is 15.4. The second-order valence-corrected chi connectivity index (χ2v) is 9.95. The summed E-state index contributed by atoms with van der Waals surface area (Å²) in [6.07, 6.45) is 13.2. The van der Waals surface area contributed by atoms with E-state index in [0.717, 1.165) is 19.3 Å². The van der Waals surface area contributed by atoms with E-state index in [1.165, 1.54) is 67.7 Å². The molecule has 3 N–H and O–H groups in total. The molecule has 0 bridgehead atoms. The molecule has 0 saturated carbocycles. The number of aromatic carboxylic acids is 1. The fourth-order valence-electron chi connectivity index (χ4n) is 3.82. The monoisotopic (exact) mass is 494 g/mol. The molecule has 2 atom stereocenters. The molecule has 1 aromatic rings. The van der Waals surface area contributed by atoms with Gasteiger partial charge in [-0.3, -0.25) is 4.79 Å². The Labute approximate surface area is 208 Å². The molecule has 0 fully saturated rings. The van der Waals surface area contributed by atoms with E-state index in [4.69, 9.17) is 5.11 Å². The van der Waals surface area contributed by atoms with Crippen molar-refractivity contribution in [3.8, 4) is 11.8 Å². The van der Waals surface area contributed by atoms with Crippen LogP contribution in [0.4, 0.5) is 0 Å². The van der Waals surface area contributed by atoms with Crippen LogP contribution in [0.15, 0.2) is 5.16 Å². The lowest BCUT2D eigenvalue weighted by Gasteiger charge is -2.17. The van der Waals surface area contributed by atoms with E-state index in [0.29, 0.717) is 23.7 Å². The van der Waals surface area contributed by atoms with E-state index < -0.39 is 23.3 Å². The van der Waals surface area contributed by atoms with Crippen molar-refractivity contribution < 1.29 is 24.9 Å². The minimum atomic E-state index is -1.05. The van der Waals surface area contributed by atoms with E-state index in [9.17, 15) is 19.8 Å². The molecule has 0 aliphatic carbocycles. The summed E-state index contributed by atoms with van der Waals surface area (Å²) in [5, 5.41) is 28.9. The first kappa shape index (κ1) is 30.1. The minimum absolute atomic E-state index is 0.00878. The summed E-state index contributed by atoms with van der Waals surface area (Å²) in [5.74, 6) is 4.37. The molecular formula is C26H42N2O5S. The quantitative estimate of drug-likeness (QED) is 0.134. The molecule has 0 radical (unpaired) electrons. The van der Waals surface area contributed by atoms with Crippen LogP contribution in [0, 0.1) is 18.8 Å². The zero-order valence-corrected chi connectivity index (χ0v) is 21.8. The molecule has 192 valence electrons. The molecule has 1 aromatic heterocycles. The Morgan fingerprint density at radius 3 is 2.12 bits per heavy atom. The summed E-state index contributed by atoms with van der Waals surface area (Å²) in [4.78, 5) is 26.6. The number of aryl methyl sites for hydroxylation is 1. The maximum absolute atomic E-state index is 11.5. The van der Waals surface area contributed by atoms with Crippen molar-refractivity contribution in [2.24, 2.45) is 7.05 Å². The number of hydrogen-bond acceptors (Lipinski definition) is 5. The van der Waals surface area contributed by atoms with Gasteiger partial charge in [0.25, 0.3) is 0 Å². The van der Waals surface area contributed by atoms with Crippen LogP contribution < -0.4 is 0 Å². The third-order valence-corrected chi connectivity index (χ3v) is 7.06. The van der Waals surface area contributed by atoms with Crippen molar-refractivity contribution in [3.05, 3.63) is 11.4 Å². The average Bonchev–Trinajstić information content (AvgIpc) is 3.06. The van der Waals surface area contributed by atoms with Crippen molar-refractivity contribution in [2.75, 3.05) is 0 Å². The van der Waals surface area contributed by atoms with E-state index in [1.54, 1.807) is 14.0 Å². The SMILES string of the molecule is CCCCCCCCCCCCC#CC(Sc1nc(C)c(C(=O)O)n1C)C(O)CCCC(=O)O. The van der Waals surface area contributed by atoms with Gasteiger partial charge in [0.1, 0.15) is 0 Å². The van der Waals surface area contributed by atoms with Crippen LogP contribution in [0.5, 0.6) is 0 Å². The van der Waals surface area contributed by atoms with Gasteiger partial charge in [0, 0.05) is 19.9 Å². The van der Waals surface area contributed by atoms with Gasteiger partial charge in [0.05, 0.1) is 17.0 Å². The normalized spacial score (nSPS) is 12.7. The highest BCUT2D eigenvalue weighted by Crippen LogP contribution is 2.28. The number of aliphatic hydroxyl groups excluding tert-OH is 1. The van der Waals surface area contributed by atoms with Gasteiger partial charge in [-0.1, -0.05) is 82.4 Å². The molecule has 8 heteroatoms. The second-order valence-electron chi connectivity index (χ2n) is 8.84. The van der Waals surface area contributed by atoms with Gasteiger partial charge < -0.3 is 19.9 Å². The fraction of sp³-hybridized carbons (Fsp3) is 0.731. The number of carboxylic acid groups (broad SMARTS) is 2. The molecule has 0 spiro atoms. The summed E-state index contributed by atoms with van der Waals surface area (Å²) in [7, 11) is 1.64. The van der Waals surface area contributed by atoms with E-state index in [2.05, 4.69) is 23.7 Å². The lowest BCUT2D eigenvalue weighted by Crippen LogP contribution is -2.22. The molecule has 34 heavy (non-hydrogen) atoms. The highest BCUT2D eigenvalue weighted by atomic mass is 32.2. The highest BCUT2D eigenvalue weighted by Gasteiger charge is 2.24. The van der Waals surface area contributed by atoms with Crippen LogP contribution in [0.25, 0.3) is 0 Å². The average molecular weight is 495 g/mol. The Morgan fingerprint density at radius 2 is 1.59 bits per heavy atom. The van der Waals surface area contributed by atoms with Gasteiger partial charge in [-0.2, -0.15) is 0 Å². The number of rotatable bonds is 18. The number of carboxylic acids is 2. The third-order valence-electron chi connectivity index (χ3n) is 5.80. The van der Waals surface area contributed by atoms with E-state index in [1.807, 2.05) is 0 Å². The fourth-order valence-corrected chi connectivity index (χ4v) is 4.92. The third kappa shape index (κ3) is 11.9. The predicted octanol–water partition coefficient (Wildman–Crippen LogP) is 5.82. The number of aromatic nitrogens is 2. The smallest absolute Gasteiger partial charge is 0.354 e. The van der Waals surface area contributed by atoms with Crippen molar-refractivity contribution >= 4 is 23.7 Å². The number of carbonyl (C=O) groups is 2. The van der Waals surface area contributed by atoms with Gasteiger partial charge in [0.2, 0.25) is 0 Å².